The second-order valence-corrected chi connectivity index (χ2v) is 6.90. The first-order valence-corrected chi connectivity index (χ1v) is 9.27. The molecule has 0 aliphatic carbocycles. The van der Waals surface area contributed by atoms with Gasteiger partial charge in [-0.15, -0.1) is 11.3 Å². The van der Waals surface area contributed by atoms with Gasteiger partial charge in [-0.2, -0.15) is 0 Å². The number of aromatic nitrogens is 2. The Kier molecular flexibility index (Phi) is 5.66. The third-order valence-electron chi connectivity index (χ3n) is 4.08. The van der Waals surface area contributed by atoms with Crippen LogP contribution in [-0.2, 0) is 16.0 Å². The molecule has 0 aliphatic heterocycles. The van der Waals surface area contributed by atoms with Gasteiger partial charge in [0.2, 0.25) is 0 Å². The van der Waals surface area contributed by atoms with Crippen molar-refractivity contribution in [2.75, 3.05) is 11.9 Å². The van der Waals surface area contributed by atoms with Gasteiger partial charge in [-0.05, 0) is 25.0 Å². The SMILES string of the molecule is CCOC(=O)c1sc2ncnc(N[C@H](Cc3ccccc3)C(=O)O)c2c1C. The van der Waals surface area contributed by atoms with Crippen LogP contribution in [0, 0.1) is 6.92 Å². The van der Waals surface area contributed by atoms with E-state index in [2.05, 4.69) is 15.3 Å². The highest BCUT2D eigenvalue weighted by molar-refractivity contribution is 7.20. The first-order chi connectivity index (χ1) is 13.0. The van der Waals surface area contributed by atoms with E-state index in [9.17, 15) is 14.7 Å². The zero-order chi connectivity index (χ0) is 19.4. The third kappa shape index (κ3) is 4.06. The highest BCUT2D eigenvalue weighted by atomic mass is 32.1. The van der Waals surface area contributed by atoms with Crippen LogP contribution in [0.1, 0.15) is 27.7 Å². The van der Waals surface area contributed by atoms with E-state index in [0.717, 1.165) is 5.56 Å². The van der Waals surface area contributed by atoms with Gasteiger partial charge < -0.3 is 15.2 Å². The predicted molar refractivity (Wildman–Crippen MR) is 103 cm³/mol. The Morgan fingerprint density at radius 1 is 1.26 bits per heavy atom. The second-order valence-electron chi connectivity index (χ2n) is 5.90. The van der Waals surface area contributed by atoms with Gasteiger partial charge >= 0.3 is 11.9 Å². The summed E-state index contributed by atoms with van der Waals surface area (Å²) in [6.07, 6.45) is 1.66. The number of esters is 1. The van der Waals surface area contributed by atoms with Gasteiger partial charge in [0.25, 0.3) is 0 Å². The maximum atomic E-state index is 12.1. The summed E-state index contributed by atoms with van der Waals surface area (Å²) in [4.78, 5) is 33.4. The van der Waals surface area contributed by atoms with Crippen molar-refractivity contribution in [2.45, 2.75) is 26.3 Å². The van der Waals surface area contributed by atoms with Crippen LogP contribution in [0.3, 0.4) is 0 Å². The van der Waals surface area contributed by atoms with E-state index in [0.29, 0.717) is 32.9 Å². The normalized spacial score (nSPS) is 11.9. The van der Waals surface area contributed by atoms with Gasteiger partial charge in [0.05, 0.1) is 12.0 Å². The molecule has 0 amide bonds. The van der Waals surface area contributed by atoms with E-state index in [-0.39, 0.29) is 6.61 Å². The van der Waals surface area contributed by atoms with Crippen LogP contribution in [0.2, 0.25) is 0 Å². The van der Waals surface area contributed by atoms with Crippen LogP contribution in [0.15, 0.2) is 36.7 Å². The van der Waals surface area contributed by atoms with Gasteiger partial charge in [-0.3, -0.25) is 0 Å². The first-order valence-electron chi connectivity index (χ1n) is 8.45. The second kappa shape index (κ2) is 8.13. The Morgan fingerprint density at radius 3 is 2.67 bits per heavy atom. The summed E-state index contributed by atoms with van der Waals surface area (Å²) in [7, 11) is 0. The molecule has 0 saturated carbocycles. The Morgan fingerprint density at radius 2 is 2.00 bits per heavy atom. The number of rotatable bonds is 7. The highest BCUT2D eigenvalue weighted by Crippen LogP contribution is 2.34. The van der Waals surface area contributed by atoms with E-state index in [1.54, 1.807) is 13.8 Å². The molecule has 0 unspecified atom stereocenters. The van der Waals surface area contributed by atoms with Crippen LogP contribution < -0.4 is 5.32 Å². The molecule has 0 spiro atoms. The van der Waals surface area contributed by atoms with Crippen LogP contribution in [-0.4, -0.2) is 39.7 Å². The number of carboxylic acids is 1. The van der Waals surface area contributed by atoms with E-state index in [1.165, 1.54) is 17.7 Å². The third-order valence-corrected chi connectivity index (χ3v) is 5.26. The summed E-state index contributed by atoms with van der Waals surface area (Å²) in [6, 6.07) is 8.50. The molecule has 3 rings (SSSR count). The van der Waals surface area contributed by atoms with Crippen molar-refractivity contribution >= 4 is 39.3 Å². The van der Waals surface area contributed by atoms with Gasteiger partial charge in [0, 0.05) is 6.42 Å². The van der Waals surface area contributed by atoms with Crippen molar-refractivity contribution in [3.8, 4) is 0 Å². The summed E-state index contributed by atoms with van der Waals surface area (Å²) in [5, 5.41) is 13.3. The molecule has 3 aromatic rings. The molecule has 2 N–H and O–H groups in total. The number of nitrogens with zero attached hydrogens (tertiary/aromatic N) is 2. The number of hydrogen-bond acceptors (Lipinski definition) is 7. The molecular formula is C19H19N3O4S. The number of hydrogen-bond donors (Lipinski definition) is 2. The van der Waals surface area contributed by atoms with E-state index < -0.39 is 18.0 Å². The van der Waals surface area contributed by atoms with Crippen LogP contribution in [0.25, 0.3) is 10.2 Å². The number of ether oxygens (including phenoxy) is 1. The molecule has 0 radical (unpaired) electrons. The zero-order valence-electron chi connectivity index (χ0n) is 14.9. The van der Waals surface area contributed by atoms with E-state index in [4.69, 9.17) is 4.74 Å². The molecule has 0 bridgehead atoms. The van der Waals surface area contributed by atoms with Crippen molar-refractivity contribution in [3.63, 3.8) is 0 Å². The number of aryl methyl sites for hydroxylation is 1. The van der Waals surface area contributed by atoms with E-state index in [1.807, 2.05) is 30.3 Å². The minimum atomic E-state index is -0.982. The molecule has 0 aliphatic rings. The van der Waals surface area contributed by atoms with Crippen molar-refractivity contribution < 1.29 is 19.4 Å². The highest BCUT2D eigenvalue weighted by Gasteiger charge is 2.24. The lowest BCUT2D eigenvalue weighted by Gasteiger charge is -2.16. The largest absolute Gasteiger partial charge is 0.480 e. The summed E-state index contributed by atoms with van der Waals surface area (Å²) in [5.41, 5.74) is 1.58. The molecule has 0 saturated heterocycles. The number of fused-ring (bicyclic) bond motifs is 1. The van der Waals surface area contributed by atoms with Crippen molar-refractivity contribution in [3.05, 3.63) is 52.7 Å². The summed E-state index contributed by atoms with van der Waals surface area (Å²) in [5.74, 6) is -1.00. The van der Waals surface area contributed by atoms with Crippen molar-refractivity contribution in [2.24, 2.45) is 0 Å². The number of carbonyl (C=O) groups excluding carboxylic acids is 1. The maximum Gasteiger partial charge on any atom is 0.348 e. The number of benzene rings is 1. The molecule has 0 fully saturated rings. The lowest BCUT2D eigenvalue weighted by Crippen LogP contribution is -2.32. The fourth-order valence-electron chi connectivity index (χ4n) is 2.79. The van der Waals surface area contributed by atoms with Crippen LogP contribution in [0.4, 0.5) is 5.82 Å². The molecule has 7 nitrogen and oxygen atoms in total. The Labute approximate surface area is 160 Å². The smallest absolute Gasteiger partial charge is 0.348 e. The van der Waals surface area contributed by atoms with Gasteiger partial charge in [0.15, 0.2) is 0 Å². The monoisotopic (exact) mass is 385 g/mol. The molecule has 1 aromatic carbocycles. The number of carbonyl (C=O) groups is 2. The minimum Gasteiger partial charge on any atom is -0.480 e. The van der Waals surface area contributed by atoms with Gasteiger partial charge in [0.1, 0.15) is 27.9 Å². The Balaban J connectivity index is 1.95. The Bertz CT molecular complexity index is 972. The summed E-state index contributed by atoms with van der Waals surface area (Å²) >= 11 is 1.21. The van der Waals surface area contributed by atoms with E-state index >= 15 is 0 Å². The molecule has 140 valence electrons. The molecule has 2 aromatic heterocycles. The molecule has 2 heterocycles. The first kappa shape index (κ1) is 18.8. The van der Waals surface area contributed by atoms with Crippen LogP contribution >= 0.6 is 11.3 Å². The minimum absolute atomic E-state index is 0.279. The quantitative estimate of drug-likeness (QED) is 0.602. The average molecular weight is 385 g/mol. The number of aliphatic carboxylic acids is 1. The summed E-state index contributed by atoms with van der Waals surface area (Å²) in [6.45, 7) is 3.81. The van der Waals surface area contributed by atoms with Crippen molar-refractivity contribution in [1.82, 2.24) is 9.97 Å². The maximum absolute atomic E-state index is 12.1. The van der Waals surface area contributed by atoms with Gasteiger partial charge in [-0.25, -0.2) is 19.6 Å². The molecular weight excluding hydrogens is 366 g/mol. The zero-order valence-corrected chi connectivity index (χ0v) is 15.7. The predicted octanol–water partition coefficient (Wildman–Crippen LogP) is 3.28. The number of nitrogens with one attached hydrogen (secondary N) is 1. The number of carboxylic acid groups (broad SMARTS) is 1. The van der Waals surface area contributed by atoms with Crippen molar-refractivity contribution in [1.29, 1.82) is 0 Å². The van der Waals surface area contributed by atoms with Crippen LogP contribution in [0.5, 0.6) is 0 Å². The Hall–Kier alpha value is -3.00. The molecule has 8 heteroatoms. The number of anilines is 1. The molecule has 27 heavy (non-hydrogen) atoms. The lowest BCUT2D eigenvalue weighted by atomic mass is 10.1. The average Bonchev–Trinajstić information content (AvgIpc) is 3.00. The fourth-order valence-corrected chi connectivity index (χ4v) is 3.83. The van der Waals surface area contributed by atoms with Gasteiger partial charge in [-0.1, -0.05) is 30.3 Å². The summed E-state index contributed by atoms with van der Waals surface area (Å²) < 4.78 is 5.09. The lowest BCUT2D eigenvalue weighted by molar-refractivity contribution is -0.137. The standard InChI is InChI=1S/C19H19N3O4S/c1-3-26-19(25)15-11(2)14-16(20-10-21-17(14)27-15)22-13(18(23)24)9-12-7-5-4-6-8-12/h4-8,10,13H,3,9H2,1-2H3,(H,23,24)(H,20,21,22)/t13-/m1/s1. The fraction of sp³-hybridized carbons (Fsp3) is 0.263. The number of thiophene rings is 1. The topological polar surface area (TPSA) is 101 Å². The molecule has 1 atom stereocenters.